The van der Waals surface area contributed by atoms with Crippen molar-refractivity contribution in [2.45, 2.75) is 19.9 Å². The van der Waals surface area contributed by atoms with Gasteiger partial charge in [-0.15, -0.1) is 0 Å². The molecule has 0 heterocycles. The summed E-state index contributed by atoms with van der Waals surface area (Å²) in [6.07, 6.45) is 0. The quantitative estimate of drug-likeness (QED) is 0.649. The summed E-state index contributed by atoms with van der Waals surface area (Å²) in [6, 6.07) is 23.1. The smallest absolute Gasteiger partial charge is 0.171 e. The fraction of sp³-hybridized carbons (Fsp3) is 0.150. The number of hydrogen-bond donors (Lipinski definition) is 2. The summed E-state index contributed by atoms with van der Waals surface area (Å²) >= 11 is 5.48. The third-order valence-electron chi connectivity index (χ3n) is 3.96. The van der Waals surface area contributed by atoms with E-state index in [9.17, 15) is 0 Å². The molecule has 0 fully saturated rings. The summed E-state index contributed by atoms with van der Waals surface area (Å²) in [5.41, 5.74) is 3.51. The third kappa shape index (κ3) is 3.69. The van der Waals surface area contributed by atoms with Crippen molar-refractivity contribution in [2.75, 3.05) is 5.32 Å². The average Bonchev–Trinajstić information content (AvgIpc) is 2.55. The number of rotatable bonds is 3. The Morgan fingerprint density at radius 2 is 1.61 bits per heavy atom. The predicted octanol–water partition coefficient (Wildman–Crippen LogP) is 5.20. The highest BCUT2D eigenvalue weighted by molar-refractivity contribution is 7.80. The van der Waals surface area contributed by atoms with E-state index in [0.717, 1.165) is 5.69 Å². The standard InChI is InChI=1S/C20H20N2S/c1-14-10-12-16(13-11-14)15(2)21-20(23)22-19-9-5-7-17-6-3-4-8-18(17)19/h3-13,15H,1-2H3,(H2,21,22,23). The van der Waals surface area contributed by atoms with E-state index in [-0.39, 0.29) is 6.04 Å². The number of benzene rings is 3. The highest BCUT2D eigenvalue weighted by atomic mass is 32.1. The lowest BCUT2D eigenvalue weighted by molar-refractivity contribution is 0.722. The van der Waals surface area contributed by atoms with Gasteiger partial charge in [-0.1, -0.05) is 66.2 Å². The molecule has 0 amide bonds. The molecular formula is C20H20N2S. The molecule has 0 saturated heterocycles. The zero-order chi connectivity index (χ0) is 16.2. The average molecular weight is 320 g/mol. The predicted molar refractivity (Wildman–Crippen MR) is 103 cm³/mol. The van der Waals surface area contributed by atoms with Gasteiger partial charge in [0.15, 0.2) is 5.11 Å². The zero-order valence-corrected chi connectivity index (χ0v) is 14.2. The highest BCUT2D eigenvalue weighted by Crippen LogP contribution is 2.23. The summed E-state index contributed by atoms with van der Waals surface area (Å²) in [5, 5.41) is 9.67. The molecule has 0 spiro atoms. The van der Waals surface area contributed by atoms with E-state index >= 15 is 0 Å². The van der Waals surface area contributed by atoms with E-state index in [1.807, 2.05) is 24.3 Å². The second-order valence-electron chi connectivity index (χ2n) is 5.76. The number of hydrogen-bond acceptors (Lipinski definition) is 1. The molecule has 2 N–H and O–H groups in total. The van der Waals surface area contributed by atoms with E-state index in [2.05, 4.69) is 66.9 Å². The molecule has 2 nitrogen and oxygen atoms in total. The Morgan fingerprint density at radius 3 is 2.39 bits per heavy atom. The number of aryl methyl sites for hydroxylation is 1. The number of anilines is 1. The monoisotopic (exact) mass is 320 g/mol. The third-order valence-corrected chi connectivity index (χ3v) is 4.18. The Bertz CT molecular complexity index is 819. The van der Waals surface area contributed by atoms with Crippen LogP contribution in [0.2, 0.25) is 0 Å². The van der Waals surface area contributed by atoms with Crippen LogP contribution in [0.3, 0.4) is 0 Å². The fourth-order valence-electron chi connectivity index (χ4n) is 2.63. The van der Waals surface area contributed by atoms with Gasteiger partial charge in [-0.25, -0.2) is 0 Å². The van der Waals surface area contributed by atoms with Crippen LogP contribution in [0.1, 0.15) is 24.1 Å². The molecular weight excluding hydrogens is 300 g/mol. The van der Waals surface area contributed by atoms with E-state index < -0.39 is 0 Å². The summed E-state index contributed by atoms with van der Waals surface area (Å²) in [5.74, 6) is 0. The van der Waals surface area contributed by atoms with Crippen LogP contribution in [-0.2, 0) is 0 Å². The van der Waals surface area contributed by atoms with Gasteiger partial charge in [0.25, 0.3) is 0 Å². The Balaban J connectivity index is 1.72. The zero-order valence-electron chi connectivity index (χ0n) is 13.3. The SMILES string of the molecule is Cc1ccc(C(C)NC(=S)Nc2cccc3ccccc23)cc1. The summed E-state index contributed by atoms with van der Waals surface area (Å²) in [6.45, 7) is 4.20. The Labute approximate surface area is 142 Å². The Kier molecular flexibility index (Phi) is 4.58. The summed E-state index contributed by atoms with van der Waals surface area (Å²) in [7, 11) is 0. The summed E-state index contributed by atoms with van der Waals surface area (Å²) < 4.78 is 0. The van der Waals surface area contributed by atoms with Crippen LogP contribution in [-0.4, -0.2) is 5.11 Å². The van der Waals surface area contributed by atoms with Crippen LogP contribution in [0.5, 0.6) is 0 Å². The van der Waals surface area contributed by atoms with E-state index in [0.29, 0.717) is 5.11 Å². The minimum atomic E-state index is 0.158. The van der Waals surface area contributed by atoms with Gasteiger partial charge < -0.3 is 10.6 Å². The lowest BCUT2D eigenvalue weighted by atomic mass is 10.1. The second-order valence-corrected chi connectivity index (χ2v) is 6.17. The molecule has 0 bridgehead atoms. The van der Waals surface area contributed by atoms with Crippen molar-refractivity contribution in [3.63, 3.8) is 0 Å². The van der Waals surface area contributed by atoms with Gasteiger partial charge in [0.05, 0.1) is 6.04 Å². The van der Waals surface area contributed by atoms with Gasteiger partial charge in [-0.3, -0.25) is 0 Å². The van der Waals surface area contributed by atoms with Crippen LogP contribution >= 0.6 is 12.2 Å². The first-order chi connectivity index (χ1) is 11.1. The van der Waals surface area contributed by atoms with E-state index in [1.54, 1.807) is 0 Å². The van der Waals surface area contributed by atoms with E-state index in [1.165, 1.54) is 21.9 Å². The molecule has 1 unspecified atom stereocenters. The molecule has 3 heteroatoms. The highest BCUT2D eigenvalue weighted by Gasteiger charge is 2.08. The maximum absolute atomic E-state index is 5.48. The first kappa shape index (κ1) is 15.5. The van der Waals surface area contributed by atoms with Crippen LogP contribution in [0.25, 0.3) is 10.8 Å². The molecule has 0 radical (unpaired) electrons. The molecule has 0 aliphatic carbocycles. The molecule has 23 heavy (non-hydrogen) atoms. The van der Waals surface area contributed by atoms with Crippen molar-refractivity contribution < 1.29 is 0 Å². The molecule has 3 aromatic rings. The van der Waals surface area contributed by atoms with Gasteiger partial charge >= 0.3 is 0 Å². The lowest BCUT2D eigenvalue weighted by Crippen LogP contribution is -2.30. The molecule has 3 rings (SSSR count). The largest absolute Gasteiger partial charge is 0.356 e. The fourth-order valence-corrected chi connectivity index (χ4v) is 2.91. The topological polar surface area (TPSA) is 24.1 Å². The van der Waals surface area contributed by atoms with Crippen LogP contribution in [0.4, 0.5) is 5.69 Å². The molecule has 0 saturated carbocycles. The van der Waals surface area contributed by atoms with Crippen molar-refractivity contribution in [1.82, 2.24) is 5.32 Å². The molecule has 3 aromatic carbocycles. The molecule has 0 aliphatic rings. The van der Waals surface area contributed by atoms with Crippen LogP contribution < -0.4 is 10.6 Å². The number of fused-ring (bicyclic) bond motifs is 1. The molecule has 116 valence electrons. The first-order valence-corrected chi connectivity index (χ1v) is 8.16. The maximum Gasteiger partial charge on any atom is 0.171 e. The summed E-state index contributed by atoms with van der Waals surface area (Å²) in [4.78, 5) is 0. The number of thiocarbonyl (C=S) groups is 1. The number of nitrogens with one attached hydrogen (secondary N) is 2. The van der Waals surface area contributed by atoms with Gasteiger partial charge in [0, 0.05) is 11.1 Å². The maximum atomic E-state index is 5.48. The van der Waals surface area contributed by atoms with Gasteiger partial charge in [-0.2, -0.15) is 0 Å². The van der Waals surface area contributed by atoms with Crippen molar-refractivity contribution in [1.29, 1.82) is 0 Å². The molecule has 1 atom stereocenters. The Morgan fingerprint density at radius 1 is 0.913 bits per heavy atom. The lowest BCUT2D eigenvalue weighted by Gasteiger charge is -2.18. The van der Waals surface area contributed by atoms with Crippen molar-refractivity contribution in [3.8, 4) is 0 Å². The van der Waals surface area contributed by atoms with Crippen molar-refractivity contribution in [2.24, 2.45) is 0 Å². The first-order valence-electron chi connectivity index (χ1n) is 7.75. The van der Waals surface area contributed by atoms with Crippen LogP contribution in [0.15, 0.2) is 66.7 Å². The Hall–Kier alpha value is -2.39. The minimum Gasteiger partial charge on any atom is -0.356 e. The molecule has 0 aliphatic heterocycles. The second kappa shape index (κ2) is 6.80. The van der Waals surface area contributed by atoms with Gasteiger partial charge in [0.2, 0.25) is 0 Å². The molecule has 0 aromatic heterocycles. The minimum absolute atomic E-state index is 0.158. The van der Waals surface area contributed by atoms with Crippen molar-refractivity contribution in [3.05, 3.63) is 77.9 Å². The van der Waals surface area contributed by atoms with Gasteiger partial charge in [-0.05, 0) is 43.1 Å². The normalized spacial score (nSPS) is 11.9. The van der Waals surface area contributed by atoms with Crippen LogP contribution in [0, 0.1) is 6.92 Å². The van der Waals surface area contributed by atoms with Gasteiger partial charge in [0.1, 0.15) is 0 Å². The van der Waals surface area contributed by atoms with Crippen molar-refractivity contribution >= 4 is 33.8 Å². The van der Waals surface area contributed by atoms with E-state index in [4.69, 9.17) is 12.2 Å².